The van der Waals surface area contributed by atoms with Crippen LogP contribution in [0.3, 0.4) is 0 Å². The Hall–Kier alpha value is -1.92. The lowest BCUT2D eigenvalue weighted by molar-refractivity contribution is -0.121. The molecule has 0 fully saturated rings. The minimum atomic E-state index is -0.0476. The first-order valence-electron chi connectivity index (χ1n) is 7.04. The van der Waals surface area contributed by atoms with Crippen molar-refractivity contribution in [1.29, 1.82) is 0 Å². The van der Waals surface area contributed by atoms with E-state index in [-0.39, 0.29) is 5.91 Å². The third kappa shape index (κ3) is 4.82. The van der Waals surface area contributed by atoms with E-state index in [2.05, 4.69) is 15.5 Å². The summed E-state index contributed by atoms with van der Waals surface area (Å²) >= 11 is 6.08. The second kappa shape index (κ2) is 8.51. The van der Waals surface area contributed by atoms with Gasteiger partial charge in [-0.3, -0.25) is 4.79 Å². The Morgan fingerprint density at radius 2 is 2.23 bits per heavy atom. The van der Waals surface area contributed by atoms with Crippen molar-refractivity contribution < 1.29 is 14.1 Å². The number of amides is 1. The molecule has 1 N–H and O–H groups in total. The summed E-state index contributed by atoms with van der Waals surface area (Å²) in [5.41, 5.74) is 0.711. The van der Waals surface area contributed by atoms with E-state index < -0.39 is 0 Å². The first-order valence-corrected chi connectivity index (χ1v) is 7.41. The number of halogens is 1. The lowest BCUT2D eigenvalue weighted by Gasteiger charge is -2.03. The van der Waals surface area contributed by atoms with Crippen molar-refractivity contribution in [1.82, 2.24) is 15.5 Å². The van der Waals surface area contributed by atoms with Gasteiger partial charge in [-0.1, -0.05) is 28.9 Å². The van der Waals surface area contributed by atoms with Crippen LogP contribution in [0.4, 0.5) is 0 Å². The van der Waals surface area contributed by atoms with Crippen molar-refractivity contribution in [2.75, 3.05) is 20.3 Å². The van der Waals surface area contributed by atoms with Crippen molar-refractivity contribution in [2.45, 2.75) is 19.3 Å². The molecule has 1 heterocycles. The van der Waals surface area contributed by atoms with Crippen molar-refractivity contribution in [3.8, 4) is 11.4 Å². The van der Waals surface area contributed by atoms with Gasteiger partial charge in [0.25, 0.3) is 0 Å². The maximum Gasteiger partial charge on any atom is 0.227 e. The van der Waals surface area contributed by atoms with Crippen LogP contribution >= 0.6 is 11.6 Å². The molecule has 7 heteroatoms. The molecule has 2 rings (SSSR count). The Kier molecular flexibility index (Phi) is 6.36. The molecule has 118 valence electrons. The number of carbonyl (C=O) groups excluding carboxylic acids is 1. The number of hydrogen-bond acceptors (Lipinski definition) is 5. The lowest BCUT2D eigenvalue weighted by Crippen LogP contribution is -2.25. The Morgan fingerprint density at radius 3 is 3.00 bits per heavy atom. The molecule has 0 saturated heterocycles. The van der Waals surface area contributed by atoms with Crippen LogP contribution in [0, 0.1) is 0 Å². The molecule has 0 aliphatic rings. The fourth-order valence-corrected chi connectivity index (χ4v) is 2.08. The first-order chi connectivity index (χ1) is 10.7. The number of ether oxygens (including phenoxy) is 1. The Bertz CT molecular complexity index is 616. The summed E-state index contributed by atoms with van der Waals surface area (Å²) < 4.78 is 10.1. The molecule has 0 atom stereocenters. The standard InChI is InChI=1S/C15H18ClN3O3/c1-21-10-4-9-17-13(20)7-8-14-18-15(19-22-14)11-5-2-3-6-12(11)16/h2-3,5-6H,4,7-10H2,1H3,(H,17,20). The van der Waals surface area contributed by atoms with E-state index in [1.807, 2.05) is 18.2 Å². The molecule has 0 bridgehead atoms. The number of hydrogen-bond donors (Lipinski definition) is 1. The fraction of sp³-hybridized carbons (Fsp3) is 0.400. The molecule has 1 aromatic heterocycles. The summed E-state index contributed by atoms with van der Waals surface area (Å²) in [6.45, 7) is 1.23. The number of nitrogens with one attached hydrogen (secondary N) is 1. The van der Waals surface area contributed by atoms with Crippen LogP contribution in [0.1, 0.15) is 18.7 Å². The maximum absolute atomic E-state index is 11.6. The van der Waals surface area contributed by atoms with Crippen molar-refractivity contribution in [3.63, 3.8) is 0 Å². The zero-order valence-electron chi connectivity index (χ0n) is 12.3. The third-order valence-electron chi connectivity index (χ3n) is 3.00. The van der Waals surface area contributed by atoms with E-state index in [1.165, 1.54) is 0 Å². The van der Waals surface area contributed by atoms with Gasteiger partial charge >= 0.3 is 0 Å². The summed E-state index contributed by atoms with van der Waals surface area (Å²) in [4.78, 5) is 15.9. The molecule has 1 aromatic carbocycles. The van der Waals surface area contributed by atoms with Gasteiger partial charge in [0.1, 0.15) is 0 Å². The van der Waals surface area contributed by atoms with Crippen LogP contribution in [-0.2, 0) is 16.0 Å². The van der Waals surface area contributed by atoms with E-state index >= 15 is 0 Å². The second-order valence-corrected chi connectivity index (χ2v) is 5.10. The topological polar surface area (TPSA) is 77.2 Å². The van der Waals surface area contributed by atoms with Gasteiger partial charge in [-0.15, -0.1) is 0 Å². The first kappa shape index (κ1) is 16.5. The zero-order chi connectivity index (χ0) is 15.8. The molecule has 0 radical (unpaired) electrons. The van der Waals surface area contributed by atoms with Crippen LogP contribution in [0.2, 0.25) is 5.02 Å². The van der Waals surface area contributed by atoms with Gasteiger partial charge in [-0.05, 0) is 18.6 Å². The second-order valence-electron chi connectivity index (χ2n) is 4.69. The van der Waals surface area contributed by atoms with Crippen molar-refractivity contribution in [3.05, 3.63) is 35.2 Å². The van der Waals surface area contributed by atoms with Crippen molar-refractivity contribution >= 4 is 17.5 Å². The van der Waals surface area contributed by atoms with Crippen LogP contribution in [0.5, 0.6) is 0 Å². The summed E-state index contributed by atoms with van der Waals surface area (Å²) in [6, 6.07) is 7.27. The van der Waals surface area contributed by atoms with Gasteiger partial charge in [0.15, 0.2) is 0 Å². The Balaban J connectivity index is 1.83. The maximum atomic E-state index is 11.6. The molecule has 2 aromatic rings. The zero-order valence-corrected chi connectivity index (χ0v) is 13.1. The van der Waals surface area contributed by atoms with Crippen LogP contribution < -0.4 is 5.32 Å². The van der Waals surface area contributed by atoms with Gasteiger partial charge in [0.05, 0.1) is 5.02 Å². The monoisotopic (exact) mass is 323 g/mol. The Labute approximate surface area is 133 Å². The molecular weight excluding hydrogens is 306 g/mol. The molecule has 22 heavy (non-hydrogen) atoms. The molecule has 0 unspecified atom stereocenters. The van der Waals surface area contributed by atoms with E-state index in [0.29, 0.717) is 48.3 Å². The molecule has 0 aliphatic carbocycles. The van der Waals surface area contributed by atoms with Gasteiger partial charge in [0, 0.05) is 38.7 Å². The SMILES string of the molecule is COCCCNC(=O)CCc1nc(-c2ccccc2Cl)no1. The lowest BCUT2D eigenvalue weighted by atomic mass is 10.2. The highest BCUT2D eigenvalue weighted by Crippen LogP contribution is 2.24. The quantitative estimate of drug-likeness (QED) is 0.755. The molecule has 0 spiro atoms. The minimum Gasteiger partial charge on any atom is -0.385 e. The predicted octanol–water partition coefficient (Wildman–Crippen LogP) is 2.48. The largest absolute Gasteiger partial charge is 0.385 e. The fourth-order valence-electron chi connectivity index (χ4n) is 1.86. The smallest absolute Gasteiger partial charge is 0.227 e. The molecule has 1 amide bonds. The molecular formula is C15H18ClN3O3. The number of aromatic nitrogens is 2. The Morgan fingerprint density at radius 1 is 1.41 bits per heavy atom. The average molecular weight is 324 g/mol. The van der Waals surface area contributed by atoms with Gasteiger partial charge in [0.2, 0.25) is 17.6 Å². The van der Waals surface area contributed by atoms with Crippen LogP contribution in [0.15, 0.2) is 28.8 Å². The molecule has 0 aliphatic heterocycles. The highest BCUT2D eigenvalue weighted by Gasteiger charge is 2.12. The van der Waals surface area contributed by atoms with Gasteiger partial charge < -0.3 is 14.6 Å². The number of nitrogens with zero attached hydrogens (tertiary/aromatic N) is 2. The number of benzene rings is 1. The van der Waals surface area contributed by atoms with Crippen LogP contribution in [0.25, 0.3) is 11.4 Å². The predicted molar refractivity (Wildman–Crippen MR) is 82.6 cm³/mol. The normalized spacial score (nSPS) is 10.6. The highest BCUT2D eigenvalue weighted by atomic mass is 35.5. The van der Waals surface area contributed by atoms with Crippen LogP contribution in [-0.4, -0.2) is 36.3 Å². The highest BCUT2D eigenvalue weighted by molar-refractivity contribution is 6.33. The summed E-state index contributed by atoms with van der Waals surface area (Å²) in [6.07, 6.45) is 1.49. The number of carbonyl (C=O) groups is 1. The van der Waals surface area contributed by atoms with E-state index in [1.54, 1.807) is 13.2 Å². The minimum absolute atomic E-state index is 0.0476. The number of methoxy groups -OCH3 is 1. The van der Waals surface area contributed by atoms with Crippen molar-refractivity contribution in [2.24, 2.45) is 0 Å². The van der Waals surface area contributed by atoms with Gasteiger partial charge in [-0.25, -0.2) is 0 Å². The summed E-state index contributed by atoms with van der Waals surface area (Å²) in [7, 11) is 1.63. The van der Waals surface area contributed by atoms with E-state index in [9.17, 15) is 4.79 Å². The average Bonchev–Trinajstić information content (AvgIpc) is 2.99. The molecule has 6 nitrogen and oxygen atoms in total. The third-order valence-corrected chi connectivity index (χ3v) is 3.33. The number of rotatable bonds is 8. The van der Waals surface area contributed by atoms with E-state index in [4.69, 9.17) is 20.9 Å². The summed E-state index contributed by atoms with van der Waals surface area (Å²) in [5, 5.41) is 7.26. The van der Waals surface area contributed by atoms with E-state index in [0.717, 1.165) is 6.42 Å². The summed E-state index contributed by atoms with van der Waals surface area (Å²) in [5.74, 6) is 0.802. The number of aryl methyl sites for hydroxylation is 1. The van der Waals surface area contributed by atoms with Gasteiger partial charge in [-0.2, -0.15) is 4.98 Å². The molecule has 0 saturated carbocycles.